The summed E-state index contributed by atoms with van der Waals surface area (Å²) in [5.41, 5.74) is 2.70. The molecule has 0 saturated carbocycles. The molecule has 10 heteroatoms. The lowest BCUT2D eigenvalue weighted by molar-refractivity contribution is -0.117. The first-order chi connectivity index (χ1) is 22.1. The highest BCUT2D eigenvalue weighted by Crippen LogP contribution is 2.40. The third-order valence-electron chi connectivity index (χ3n) is 8.57. The Labute approximate surface area is 270 Å². The number of rotatable bonds is 7. The highest BCUT2D eigenvalue weighted by Gasteiger charge is 2.31. The van der Waals surface area contributed by atoms with Crippen LogP contribution in [-0.4, -0.2) is 63.1 Å². The molecule has 2 fully saturated rings. The molecular weight excluding hydrogens is 580 g/mol. The van der Waals surface area contributed by atoms with Crippen molar-refractivity contribution in [1.82, 2.24) is 19.9 Å². The Bertz CT molecular complexity index is 1750. The molecule has 2 amide bonds. The smallest absolute Gasteiger partial charge is 0.410 e. The van der Waals surface area contributed by atoms with Crippen LogP contribution in [0, 0.1) is 12.8 Å². The van der Waals surface area contributed by atoms with Crippen LogP contribution in [0.4, 0.5) is 16.4 Å². The van der Waals surface area contributed by atoms with Gasteiger partial charge < -0.3 is 24.6 Å². The fourth-order valence-electron chi connectivity index (χ4n) is 6.19. The second-order valence-electron chi connectivity index (χ2n) is 13.2. The van der Waals surface area contributed by atoms with Crippen LogP contribution in [-0.2, 0) is 9.53 Å². The first-order valence-corrected chi connectivity index (χ1v) is 16.1. The fourth-order valence-corrected chi connectivity index (χ4v) is 6.19. The van der Waals surface area contributed by atoms with Gasteiger partial charge in [-0.25, -0.2) is 19.7 Å². The van der Waals surface area contributed by atoms with Crippen LogP contribution in [0.1, 0.15) is 58.9 Å². The number of ether oxygens (including phenoxy) is 2. The molecule has 0 unspecified atom stereocenters. The van der Waals surface area contributed by atoms with E-state index in [9.17, 15) is 9.59 Å². The van der Waals surface area contributed by atoms with E-state index in [1.165, 1.54) is 0 Å². The molecule has 2 atom stereocenters. The monoisotopic (exact) mass is 622 g/mol. The second-order valence-corrected chi connectivity index (χ2v) is 13.2. The van der Waals surface area contributed by atoms with Crippen molar-refractivity contribution in [2.24, 2.45) is 5.92 Å². The largest absolute Gasteiger partial charge is 0.444 e. The van der Waals surface area contributed by atoms with Crippen molar-refractivity contribution in [2.75, 3.05) is 29.9 Å². The van der Waals surface area contributed by atoms with E-state index < -0.39 is 5.60 Å². The SMILES string of the molecule is CC[C@H]1CC(=O)N(c2cccc3c(Oc4ncccc4-c4ccnc(N[C@H]5CCCN(C(=O)OC(C)(C)C)C5)n4)c(C)ccc23)C1. The number of hydrogen-bond donors (Lipinski definition) is 1. The second kappa shape index (κ2) is 12.9. The minimum Gasteiger partial charge on any atom is -0.444 e. The molecule has 0 aliphatic carbocycles. The van der Waals surface area contributed by atoms with Gasteiger partial charge in [-0.05, 0) is 76.3 Å². The van der Waals surface area contributed by atoms with Crippen LogP contribution in [0.15, 0.2) is 60.9 Å². The minimum atomic E-state index is -0.545. The molecule has 10 nitrogen and oxygen atoms in total. The molecule has 4 heterocycles. The number of nitrogens with zero attached hydrogens (tertiary/aromatic N) is 5. The number of piperidine rings is 1. The summed E-state index contributed by atoms with van der Waals surface area (Å²) in [7, 11) is 0. The zero-order chi connectivity index (χ0) is 32.4. The van der Waals surface area contributed by atoms with Crippen LogP contribution in [0.2, 0.25) is 0 Å². The van der Waals surface area contributed by atoms with Gasteiger partial charge in [0.15, 0.2) is 0 Å². The highest BCUT2D eigenvalue weighted by molar-refractivity contribution is 6.06. The summed E-state index contributed by atoms with van der Waals surface area (Å²) in [5.74, 6) is 2.11. The minimum absolute atomic E-state index is 0.0104. The molecule has 0 bridgehead atoms. The zero-order valence-corrected chi connectivity index (χ0v) is 27.2. The quantitative estimate of drug-likeness (QED) is 0.228. The van der Waals surface area contributed by atoms with Crippen LogP contribution in [0.3, 0.4) is 0 Å². The normalized spacial score (nSPS) is 18.6. The lowest BCUT2D eigenvalue weighted by Crippen LogP contribution is -2.47. The van der Waals surface area contributed by atoms with E-state index in [1.54, 1.807) is 17.3 Å². The molecule has 2 aromatic carbocycles. The molecule has 2 aliphatic rings. The van der Waals surface area contributed by atoms with Crippen molar-refractivity contribution in [3.63, 3.8) is 0 Å². The maximum atomic E-state index is 12.9. The molecule has 240 valence electrons. The topological polar surface area (TPSA) is 110 Å². The third-order valence-corrected chi connectivity index (χ3v) is 8.57. The zero-order valence-electron chi connectivity index (χ0n) is 27.2. The maximum absolute atomic E-state index is 12.9. The predicted molar refractivity (Wildman–Crippen MR) is 179 cm³/mol. The summed E-state index contributed by atoms with van der Waals surface area (Å²) in [6.45, 7) is 11.7. The van der Waals surface area contributed by atoms with Crippen molar-refractivity contribution in [3.8, 4) is 22.9 Å². The van der Waals surface area contributed by atoms with Crippen molar-refractivity contribution >= 4 is 34.4 Å². The van der Waals surface area contributed by atoms with Crippen LogP contribution in [0.25, 0.3) is 22.0 Å². The van der Waals surface area contributed by atoms with Crippen molar-refractivity contribution in [2.45, 2.75) is 71.9 Å². The van der Waals surface area contributed by atoms with E-state index >= 15 is 0 Å². The Balaban J connectivity index is 1.25. The number of amides is 2. The Morgan fingerprint density at radius 3 is 2.65 bits per heavy atom. The number of likely N-dealkylation sites (tertiary alicyclic amines) is 1. The molecule has 2 aliphatic heterocycles. The Kier molecular flexibility index (Phi) is 8.80. The molecule has 0 radical (unpaired) electrons. The Morgan fingerprint density at radius 2 is 1.87 bits per heavy atom. The molecule has 0 spiro atoms. The standard InChI is InChI=1S/C36H42N6O4/c1-6-24-20-31(43)42(21-24)30-13-7-11-27-26(30)15-14-23(2)32(27)45-33-28(12-8-17-37-33)29-16-18-38-34(40-29)39-25-10-9-19-41(22-25)35(44)46-36(3,4)5/h7-8,11-18,24-25H,6,9-10,19-22H2,1-5H3,(H,38,39,40)/t24-,25-/m0/s1. The number of aryl methyl sites for hydroxylation is 1. The highest BCUT2D eigenvalue weighted by atomic mass is 16.6. The number of fused-ring (bicyclic) bond motifs is 1. The number of carbonyl (C=O) groups is 2. The van der Waals surface area contributed by atoms with Gasteiger partial charge in [0.2, 0.25) is 17.7 Å². The van der Waals surface area contributed by atoms with Gasteiger partial charge in [-0.2, -0.15) is 0 Å². The molecule has 4 aromatic rings. The first-order valence-electron chi connectivity index (χ1n) is 16.1. The van der Waals surface area contributed by atoms with E-state index in [1.807, 2.05) is 75.1 Å². The summed E-state index contributed by atoms with van der Waals surface area (Å²) in [6, 6.07) is 15.7. The number of hydrogen-bond acceptors (Lipinski definition) is 8. The van der Waals surface area contributed by atoms with Gasteiger partial charge in [-0.3, -0.25) is 4.79 Å². The fraction of sp³-hybridized carbons (Fsp3) is 0.417. The lowest BCUT2D eigenvalue weighted by Gasteiger charge is -2.34. The van der Waals surface area contributed by atoms with Gasteiger partial charge in [0, 0.05) is 55.3 Å². The number of anilines is 2. The van der Waals surface area contributed by atoms with Crippen LogP contribution >= 0.6 is 0 Å². The van der Waals surface area contributed by atoms with Gasteiger partial charge in [0.05, 0.1) is 16.9 Å². The third kappa shape index (κ3) is 6.76. The van der Waals surface area contributed by atoms with Gasteiger partial charge >= 0.3 is 6.09 Å². The van der Waals surface area contributed by atoms with Gasteiger partial charge in [-0.15, -0.1) is 0 Å². The first kappa shape index (κ1) is 31.3. The van der Waals surface area contributed by atoms with Gasteiger partial charge in [0.1, 0.15) is 11.4 Å². The molecule has 1 N–H and O–H groups in total. The van der Waals surface area contributed by atoms with E-state index in [-0.39, 0.29) is 18.0 Å². The maximum Gasteiger partial charge on any atom is 0.410 e. The summed E-state index contributed by atoms with van der Waals surface area (Å²) < 4.78 is 12.2. The lowest BCUT2D eigenvalue weighted by atomic mass is 10.0. The van der Waals surface area contributed by atoms with Crippen LogP contribution < -0.4 is 15.0 Å². The van der Waals surface area contributed by atoms with E-state index in [0.717, 1.165) is 53.4 Å². The van der Waals surface area contributed by atoms with Crippen molar-refractivity contribution < 1.29 is 19.1 Å². The van der Waals surface area contributed by atoms with Gasteiger partial charge in [-0.1, -0.05) is 37.6 Å². The Morgan fingerprint density at radius 1 is 1.02 bits per heavy atom. The number of aromatic nitrogens is 3. The summed E-state index contributed by atoms with van der Waals surface area (Å²) in [5, 5.41) is 5.30. The molecule has 6 rings (SSSR count). The number of pyridine rings is 1. The number of benzene rings is 2. The van der Waals surface area contributed by atoms with Gasteiger partial charge in [0.25, 0.3) is 0 Å². The Hall–Kier alpha value is -4.73. The average molecular weight is 623 g/mol. The van der Waals surface area contributed by atoms with E-state index in [2.05, 4.69) is 28.3 Å². The van der Waals surface area contributed by atoms with E-state index in [0.29, 0.717) is 48.7 Å². The van der Waals surface area contributed by atoms with Crippen molar-refractivity contribution in [1.29, 1.82) is 0 Å². The van der Waals surface area contributed by atoms with E-state index in [4.69, 9.17) is 14.5 Å². The van der Waals surface area contributed by atoms with Crippen LogP contribution in [0.5, 0.6) is 11.6 Å². The molecular formula is C36H42N6O4. The molecule has 46 heavy (non-hydrogen) atoms. The van der Waals surface area contributed by atoms with Crippen molar-refractivity contribution in [3.05, 3.63) is 66.5 Å². The number of carbonyl (C=O) groups excluding carboxylic acids is 2. The summed E-state index contributed by atoms with van der Waals surface area (Å²) >= 11 is 0. The molecule has 2 saturated heterocycles. The number of nitrogens with one attached hydrogen (secondary N) is 1. The summed E-state index contributed by atoms with van der Waals surface area (Å²) in [6.07, 6.45) is 6.41. The summed E-state index contributed by atoms with van der Waals surface area (Å²) in [4.78, 5) is 43.2. The average Bonchev–Trinajstić information content (AvgIpc) is 3.42. The molecule has 2 aromatic heterocycles. The predicted octanol–water partition coefficient (Wildman–Crippen LogP) is 7.37.